The highest BCUT2D eigenvalue weighted by Crippen LogP contribution is 2.30. The molecule has 1 aromatic carbocycles. The molecule has 0 saturated carbocycles. The van der Waals surface area contributed by atoms with E-state index < -0.39 is 9.85 Å². The molecular formula is C12H8ClN3O5. The SMILES string of the molecule is Cc1ccc([N+](=O)[O-])cc1Oc1cc([N+](=O)[O-])cc(Cl)n1. The smallest absolute Gasteiger partial charge is 0.277 e. The first-order valence-electron chi connectivity index (χ1n) is 5.61. The van der Waals surface area contributed by atoms with Gasteiger partial charge in [-0.3, -0.25) is 20.2 Å². The Morgan fingerprint density at radius 1 is 1.10 bits per heavy atom. The van der Waals surface area contributed by atoms with Gasteiger partial charge in [0.25, 0.3) is 11.4 Å². The first kappa shape index (κ1) is 14.7. The van der Waals surface area contributed by atoms with Gasteiger partial charge in [0, 0.05) is 6.07 Å². The van der Waals surface area contributed by atoms with Gasteiger partial charge in [-0.1, -0.05) is 11.6 Å². The first-order valence-corrected chi connectivity index (χ1v) is 5.99. The van der Waals surface area contributed by atoms with Crippen LogP contribution in [0.4, 0.5) is 11.4 Å². The Labute approximate surface area is 123 Å². The van der Waals surface area contributed by atoms with Crippen LogP contribution in [0.2, 0.25) is 5.15 Å². The largest absolute Gasteiger partial charge is 0.438 e. The summed E-state index contributed by atoms with van der Waals surface area (Å²) in [4.78, 5) is 24.1. The van der Waals surface area contributed by atoms with E-state index in [1.54, 1.807) is 6.92 Å². The van der Waals surface area contributed by atoms with Crippen molar-refractivity contribution < 1.29 is 14.6 Å². The first-order chi connectivity index (χ1) is 9.86. The van der Waals surface area contributed by atoms with Crippen LogP contribution in [0.1, 0.15) is 5.56 Å². The number of benzene rings is 1. The molecule has 0 aliphatic carbocycles. The van der Waals surface area contributed by atoms with E-state index in [1.807, 2.05) is 0 Å². The number of non-ortho nitro benzene ring substituents is 1. The van der Waals surface area contributed by atoms with E-state index in [0.29, 0.717) is 5.56 Å². The van der Waals surface area contributed by atoms with Gasteiger partial charge in [0.15, 0.2) is 0 Å². The Morgan fingerprint density at radius 3 is 2.38 bits per heavy atom. The maximum Gasteiger partial charge on any atom is 0.277 e. The average molecular weight is 310 g/mol. The number of nitro benzene ring substituents is 1. The molecule has 0 bridgehead atoms. The highest BCUT2D eigenvalue weighted by Gasteiger charge is 2.14. The number of halogens is 1. The third-order valence-electron chi connectivity index (χ3n) is 2.56. The van der Waals surface area contributed by atoms with E-state index in [0.717, 1.165) is 12.1 Å². The van der Waals surface area contributed by atoms with Gasteiger partial charge in [0.2, 0.25) is 5.88 Å². The van der Waals surface area contributed by atoms with Gasteiger partial charge in [-0.2, -0.15) is 0 Å². The molecule has 0 spiro atoms. The Morgan fingerprint density at radius 2 is 1.76 bits per heavy atom. The molecule has 0 fully saturated rings. The minimum Gasteiger partial charge on any atom is -0.438 e. The van der Waals surface area contributed by atoms with Crippen LogP contribution in [-0.4, -0.2) is 14.8 Å². The Bertz CT molecular complexity index is 735. The summed E-state index contributed by atoms with van der Waals surface area (Å²) in [7, 11) is 0. The summed E-state index contributed by atoms with van der Waals surface area (Å²) in [5, 5.41) is 21.4. The molecular weight excluding hydrogens is 302 g/mol. The molecule has 2 aromatic rings. The van der Waals surface area contributed by atoms with Gasteiger partial charge in [0.05, 0.1) is 28.0 Å². The highest BCUT2D eigenvalue weighted by molar-refractivity contribution is 6.29. The van der Waals surface area contributed by atoms with Gasteiger partial charge in [-0.05, 0) is 18.6 Å². The van der Waals surface area contributed by atoms with Gasteiger partial charge in [-0.25, -0.2) is 4.98 Å². The molecule has 0 saturated heterocycles. The molecule has 0 N–H and O–H groups in total. The number of nitrogens with zero attached hydrogens (tertiary/aromatic N) is 3. The number of pyridine rings is 1. The third kappa shape index (κ3) is 3.42. The molecule has 8 nitrogen and oxygen atoms in total. The molecule has 108 valence electrons. The van der Waals surface area contributed by atoms with Crippen molar-refractivity contribution in [2.24, 2.45) is 0 Å². The lowest BCUT2D eigenvalue weighted by molar-refractivity contribution is -0.385. The maximum absolute atomic E-state index is 10.7. The second kappa shape index (κ2) is 5.71. The van der Waals surface area contributed by atoms with Crippen molar-refractivity contribution >= 4 is 23.0 Å². The minimum absolute atomic E-state index is 0.109. The topological polar surface area (TPSA) is 108 Å². The molecule has 0 radical (unpaired) electrons. The van der Waals surface area contributed by atoms with Gasteiger partial charge in [0.1, 0.15) is 10.9 Å². The Kier molecular flexibility index (Phi) is 3.99. The predicted octanol–water partition coefficient (Wildman–Crippen LogP) is 3.65. The molecule has 0 amide bonds. The van der Waals surface area contributed by atoms with Crippen LogP contribution in [0.15, 0.2) is 30.3 Å². The van der Waals surface area contributed by atoms with E-state index in [1.165, 1.54) is 18.2 Å². The van der Waals surface area contributed by atoms with E-state index >= 15 is 0 Å². The summed E-state index contributed by atoms with van der Waals surface area (Å²) in [6.45, 7) is 1.68. The fourth-order valence-electron chi connectivity index (χ4n) is 1.54. The van der Waals surface area contributed by atoms with Crippen molar-refractivity contribution in [3.05, 3.63) is 61.3 Å². The lowest BCUT2D eigenvalue weighted by Gasteiger charge is -2.07. The quantitative estimate of drug-likeness (QED) is 0.484. The average Bonchev–Trinajstić information content (AvgIpc) is 2.40. The van der Waals surface area contributed by atoms with Crippen molar-refractivity contribution in [1.29, 1.82) is 0 Å². The summed E-state index contributed by atoms with van der Waals surface area (Å²) in [5.41, 5.74) is 0.172. The molecule has 0 aliphatic rings. The third-order valence-corrected chi connectivity index (χ3v) is 2.76. The summed E-state index contributed by atoms with van der Waals surface area (Å²) < 4.78 is 5.37. The number of nitro groups is 2. The second-order valence-corrected chi connectivity index (χ2v) is 4.44. The van der Waals surface area contributed by atoms with Crippen LogP contribution >= 0.6 is 11.6 Å². The van der Waals surface area contributed by atoms with Crippen molar-refractivity contribution in [3.8, 4) is 11.6 Å². The molecule has 0 unspecified atom stereocenters. The number of ether oxygens (including phenoxy) is 1. The summed E-state index contributed by atoms with van der Waals surface area (Å²) in [6.07, 6.45) is 0. The van der Waals surface area contributed by atoms with Gasteiger partial charge >= 0.3 is 0 Å². The second-order valence-electron chi connectivity index (χ2n) is 4.05. The number of aromatic nitrogens is 1. The minimum atomic E-state index is -0.638. The summed E-state index contributed by atoms with van der Waals surface area (Å²) >= 11 is 5.68. The lowest BCUT2D eigenvalue weighted by atomic mass is 10.2. The molecule has 1 aromatic heterocycles. The molecule has 0 atom stereocenters. The van der Waals surface area contributed by atoms with Crippen LogP contribution in [0.5, 0.6) is 11.6 Å². The molecule has 2 rings (SSSR count). The monoisotopic (exact) mass is 309 g/mol. The Balaban J connectivity index is 2.40. The number of rotatable bonds is 4. The van der Waals surface area contributed by atoms with Crippen LogP contribution < -0.4 is 4.74 Å². The van der Waals surface area contributed by atoms with Gasteiger partial charge < -0.3 is 4.74 Å². The van der Waals surface area contributed by atoms with Crippen LogP contribution in [0.3, 0.4) is 0 Å². The van der Waals surface area contributed by atoms with Gasteiger partial charge in [-0.15, -0.1) is 0 Å². The molecule has 1 heterocycles. The van der Waals surface area contributed by atoms with Crippen molar-refractivity contribution in [2.75, 3.05) is 0 Å². The number of aryl methyl sites for hydroxylation is 1. The molecule has 0 aliphatic heterocycles. The standard InChI is InChI=1S/C12H8ClN3O5/c1-7-2-3-8(15(17)18)4-10(7)21-12-6-9(16(19)20)5-11(13)14-12/h2-6H,1H3. The zero-order valence-electron chi connectivity index (χ0n) is 10.6. The predicted molar refractivity (Wildman–Crippen MR) is 73.8 cm³/mol. The number of hydrogen-bond acceptors (Lipinski definition) is 6. The lowest BCUT2D eigenvalue weighted by Crippen LogP contribution is -1.95. The fraction of sp³-hybridized carbons (Fsp3) is 0.0833. The number of hydrogen-bond donors (Lipinski definition) is 0. The van der Waals surface area contributed by atoms with Crippen molar-refractivity contribution in [1.82, 2.24) is 4.98 Å². The Hall–Kier alpha value is -2.74. The van der Waals surface area contributed by atoms with Crippen LogP contribution in [0, 0.1) is 27.2 Å². The van der Waals surface area contributed by atoms with E-state index in [2.05, 4.69) is 4.98 Å². The maximum atomic E-state index is 10.7. The summed E-state index contributed by atoms with van der Waals surface area (Å²) in [6, 6.07) is 6.21. The highest BCUT2D eigenvalue weighted by atomic mass is 35.5. The molecule has 21 heavy (non-hydrogen) atoms. The zero-order chi connectivity index (χ0) is 15.6. The van der Waals surface area contributed by atoms with E-state index in [-0.39, 0.29) is 28.2 Å². The van der Waals surface area contributed by atoms with Crippen LogP contribution in [-0.2, 0) is 0 Å². The zero-order valence-corrected chi connectivity index (χ0v) is 11.4. The summed E-state index contributed by atoms with van der Waals surface area (Å²) in [5.74, 6) is 0.0612. The van der Waals surface area contributed by atoms with Crippen molar-refractivity contribution in [2.45, 2.75) is 6.92 Å². The van der Waals surface area contributed by atoms with E-state index in [9.17, 15) is 20.2 Å². The normalized spacial score (nSPS) is 10.2. The van der Waals surface area contributed by atoms with Crippen molar-refractivity contribution in [3.63, 3.8) is 0 Å². The van der Waals surface area contributed by atoms with Crippen LogP contribution in [0.25, 0.3) is 0 Å². The molecule has 9 heteroatoms. The van der Waals surface area contributed by atoms with E-state index in [4.69, 9.17) is 16.3 Å². The fourth-order valence-corrected chi connectivity index (χ4v) is 1.74.